The topological polar surface area (TPSA) is 62.5 Å². The first kappa shape index (κ1) is 18.6. The fourth-order valence-electron chi connectivity index (χ4n) is 2.47. The zero-order valence-corrected chi connectivity index (χ0v) is 15.9. The standard InChI is InChI=1S/C22H18N2O2S/c1-15(14-18-6-4-3-5-7-18)23-22(26)21-16(2)24-20(27-21)13-10-17-8-11-19(25)12-9-17/h3-9,11-12,25H,14H2,1-2H3. The van der Waals surface area contributed by atoms with Crippen LogP contribution in [0.2, 0.25) is 0 Å². The number of carbonyl (C=O) groups excluding carboxylic acids is 1. The van der Waals surface area contributed by atoms with E-state index < -0.39 is 0 Å². The third kappa shape index (κ3) is 5.13. The maximum Gasteiger partial charge on any atom is 0.288 e. The van der Waals surface area contributed by atoms with Crippen LogP contribution in [-0.4, -0.2) is 21.7 Å². The second-order valence-electron chi connectivity index (χ2n) is 6.05. The Labute approximate surface area is 162 Å². The van der Waals surface area contributed by atoms with Crippen molar-refractivity contribution in [3.63, 3.8) is 0 Å². The van der Waals surface area contributed by atoms with Crippen LogP contribution in [0.25, 0.3) is 0 Å². The van der Waals surface area contributed by atoms with Gasteiger partial charge in [0.25, 0.3) is 5.91 Å². The average molecular weight is 374 g/mol. The highest BCUT2D eigenvalue weighted by Crippen LogP contribution is 2.19. The van der Waals surface area contributed by atoms with Crippen molar-refractivity contribution in [2.45, 2.75) is 20.3 Å². The number of rotatable bonds is 3. The van der Waals surface area contributed by atoms with Gasteiger partial charge in [0.05, 0.1) is 5.69 Å². The summed E-state index contributed by atoms with van der Waals surface area (Å²) in [5.74, 6) is 5.86. The maximum absolute atomic E-state index is 12.5. The molecular weight excluding hydrogens is 356 g/mol. The van der Waals surface area contributed by atoms with Crippen molar-refractivity contribution in [1.29, 1.82) is 0 Å². The van der Waals surface area contributed by atoms with Gasteiger partial charge in [-0.15, -0.1) is 11.3 Å². The van der Waals surface area contributed by atoms with Gasteiger partial charge < -0.3 is 5.11 Å². The van der Waals surface area contributed by atoms with Crippen LogP contribution >= 0.6 is 11.3 Å². The van der Waals surface area contributed by atoms with Crippen molar-refractivity contribution in [3.05, 3.63) is 81.3 Å². The van der Waals surface area contributed by atoms with Crippen LogP contribution in [-0.2, 0) is 6.42 Å². The second-order valence-corrected chi connectivity index (χ2v) is 7.04. The number of phenolic OH excluding ortho intramolecular Hbond substituents is 1. The van der Waals surface area contributed by atoms with Crippen molar-refractivity contribution < 1.29 is 9.90 Å². The van der Waals surface area contributed by atoms with E-state index in [1.165, 1.54) is 11.3 Å². The van der Waals surface area contributed by atoms with Gasteiger partial charge in [0.15, 0.2) is 5.01 Å². The van der Waals surface area contributed by atoms with Crippen molar-refractivity contribution in [1.82, 2.24) is 4.98 Å². The lowest BCUT2D eigenvalue weighted by Gasteiger charge is -2.00. The molecule has 0 aliphatic rings. The lowest BCUT2D eigenvalue weighted by atomic mass is 10.1. The van der Waals surface area contributed by atoms with E-state index in [4.69, 9.17) is 0 Å². The number of benzene rings is 2. The molecular formula is C22H18N2O2S. The predicted molar refractivity (Wildman–Crippen MR) is 109 cm³/mol. The first-order valence-corrected chi connectivity index (χ1v) is 9.24. The van der Waals surface area contributed by atoms with Gasteiger partial charge in [0.2, 0.25) is 0 Å². The molecule has 1 amide bonds. The molecule has 134 valence electrons. The zero-order valence-electron chi connectivity index (χ0n) is 15.1. The molecule has 5 heteroatoms. The van der Waals surface area contributed by atoms with Crippen LogP contribution in [0, 0.1) is 18.8 Å². The molecule has 1 heterocycles. The first-order chi connectivity index (χ1) is 13.0. The van der Waals surface area contributed by atoms with Crippen molar-refractivity contribution >= 4 is 23.0 Å². The number of aromatic nitrogens is 1. The molecule has 3 rings (SSSR count). The number of thiazole rings is 1. The Kier molecular flexibility index (Phi) is 5.80. The average Bonchev–Trinajstić information content (AvgIpc) is 3.03. The molecule has 0 aliphatic carbocycles. The van der Waals surface area contributed by atoms with Gasteiger partial charge in [-0.3, -0.25) is 4.79 Å². The molecule has 2 aromatic carbocycles. The number of hydrogen-bond donors (Lipinski definition) is 1. The van der Waals surface area contributed by atoms with Gasteiger partial charge in [-0.1, -0.05) is 36.3 Å². The Morgan fingerprint density at radius 1 is 1.11 bits per heavy atom. The van der Waals surface area contributed by atoms with E-state index in [0.29, 0.717) is 22.0 Å². The lowest BCUT2D eigenvalue weighted by molar-refractivity contribution is 0.101. The van der Waals surface area contributed by atoms with E-state index in [1.807, 2.05) is 37.3 Å². The molecule has 0 saturated carbocycles. The molecule has 1 aromatic heterocycles. The molecule has 0 fully saturated rings. The Morgan fingerprint density at radius 3 is 2.52 bits per heavy atom. The monoisotopic (exact) mass is 374 g/mol. The number of carbonyl (C=O) groups is 1. The summed E-state index contributed by atoms with van der Waals surface area (Å²) in [7, 11) is 0. The van der Waals surface area contributed by atoms with E-state index in [0.717, 1.165) is 16.8 Å². The third-order valence-corrected chi connectivity index (χ3v) is 4.83. The van der Waals surface area contributed by atoms with E-state index in [1.54, 1.807) is 31.2 Å². The van der Waals surface area contributed by atoms with Crippen LogP contribution in [0.5, 0.6) is 5.75 Å². The van der Waals surface area contributed by atoms with Crippen molar-refractivity contribution in [3.8, 4) is 17.6 Å². The fourth-order valence-corrected chi connectivity index (χ4v) is 3.28. The number of amides is 1. The minimum Gasteiger partial charge on any atom is -0.508 e. The van der Waals surface area contributed by atoms with Gasteiger partial charge in [-0.05, 0) is 49.6 Å². The number of aryl methyl sites for hydroxylation is 1. The summed E-state index contributed by atoms with van der Waals surface area (Å²) in [6.07, 6.45) is 0.637. The zero-order chi connectivity index (χ0) is 19.2. The van der Waals surface area contributed by atoms with Crippen molar-refractivity contribution in [2.75, 3.05) is 0 Å². The van der Waals surface area contributed by atoms with Crippen molar-refractivity contribution in [2.24, 2.45) is 4.99 Å². The molecule has 0 aliphatic heterocycles. The van der Waals surface area contributed by atoms with Crippen LogP contribution in [0.3, 0.4) is 0 Å². The fraction of sp³-hybridized carbons (Fsp3) is 0.136. The Morgan fingerprint density at radius 2 is 1.81 bits per heavy atom. The molecule has 0 saturated heterocycles. The first-order valence-electron chi connectivity index (χ1n) is 8.42. The summed E-state index contributed by atoms with van der Waals surface area (Å²) in [5, 5.41) is 9.87. The van der Waals surface area contributed by atoms with Gasteiger partial charge in [-0.25, -0.2) is 9.98 Å². The molecule has 1 N–H and O–H groups in total. The number of phenols is 1. The number of hydrogen-bond acceptors (Lipinski definition) is 4. The van der Waals surface area contributed by atoms with E-state index in [2.05, 4.69) is 21.8 Å². The smallest absolute Gasteiger partial charge is 0.288 e. The summed E-state index contributed by atoms with van der Waals surface area (Å²) in [6, 6.07) is 16.5. The summed E-state index contributed by atoms with van der Waals surface area (Å²) in [4.78, 5) is 21.6. The highest BCUT2D eigenvalue weighted by atomic mass is 32.1. The van der Waals surface area contributed by atoms with Crippen LogP contribution < -0.4 is 0 Å². The molecule has 4 nitrogen and oxygen atoms in total. The predicted octanol–water partition coefficient (Wildman–Crippen LogP) is 4.40. The van der Waals surface area contributed by atoms with E-state index in [9.17, 15) is 9.90 Å². The van der Waals surface area contributed by atoms with Crippen LogP contribution in [0.4, 0.5) is 0 Å². The van der Waals surface area contributed by atoms with Gasteiger partial charge in [-0.2, -0.15) is 0 Å². The minimum absolute atomic E-state index is 0.197. The molecule has 0 bridgehead atoms. The highest BCUT2D eigenvalue weighted by Gasteiger charge is 2.14. The third-order valence-electron chi connectivity index (χ3n) is 3.77. The SMILES string of the molecule is CC(Cc1ccccc1)=NC(=O)c1sc(C#Cc2ccc(O)cc2)nc1C. The summed E-state index contributed by atoms with van der Waals surface area (Å²) < 4.78 is 0. The molecule has 0 spiro atoms. The minimum atomic E-state index is -0.281. The summed E-state index contributed by atoms with van der Waals surface area (Å²) in [6.45, 7) is 3.64. The molecule has 0 atom stereocenters. The van der Waals surface area contributed by atoms with E-state index >= 15 is 0 Å². The number of aromatic hydroxyl groups is 1. The largest absolute Gasteiger partial charge is 0.508 e. The molecule has 3 aromatic rings. The Hall–Kier alpha value is -3.23. The quantitative estimate of drug-likeness (QED) is 0.546. The van der Waals surface area contributed by atoms with Gasteiger partial charge in [0, 0.05) is 17.7 Å². The second kappa shape index (κ2) is 8.43. The Bertz CT molecular complexity index is 1040. The normalized spacial score (nSPS) is 11.0. The number of aliphatic imine (C=N–C) groups is 1. The molecule has 0 radical (unpaired) electrons. The number of nitrogens with zero attached hydrogens (tertiary/aromatic N) is 2. The molecule has 0 unspecified atom stereocenters. The summed E-state index contributed by atoms with van der Waals surface area (Å²) >= 11 is 1.25. The highest BCUT2D eigenvalue weighted by molar-refractivity contribution is 7.14. The van der Waals surface area contributed by atoms with Crippen LogP contribution in [0.1, 0.15) is 38.4 Å². The maximum atomic E-state index is 12.5. The van der Waals surface area contributed by atoms with E-state index in [-0.39, 0.29) is 11.7 Å². The molecule has 27 heavy (non-hydrogen) atoms. The Balaban J connectivity index is 1.75. The van der Waals surface area contributed by atoms with Gasteiger partial charge >= 0.3 is 0 Å². The lowest BCUT2D eigenvalue weighted by Crippen LogP contribution is -2.03. The van der Waals surface area contributed by atoms with Gasteiger partial charge in [0.1, 0.15) is 10.6 Å². The summed E-state index contributed by atoms with van der Waals surface area (Å²) in [5.41, 5.74) is 3.28. The van der Waals surface area contributed by atoms with Crippen LogP contribution in [0.15, 0.2) is 59.6 Å².